The van der Waals surface area contributed by atoms with Crippen molar-refractivity contribution < 1.29 is 14.7 Å². The number of hydrogen-bond acceptors (Lipinski definition) is 3. The third kappa shape index (κ3) is 3.27. The highest BCUT2D eigenvalue weighted by molar-refractivity contribution is 5.96. The maximum absolute atomic E-state index is 11.6. The van der Waals surface area contributed by atoms with E-state index in [9.17, 15) is 9.59 Å². The average Bonchev–Trinajstić information content (AvgIpc) is 2.26. The molecule has 1 aromatic rings. The zero-order chi connectivity index (χ0) is 12.1. The van der Waals surface area contributed by atoms with Gasteiger partial charge in [0.05, 0.1) is 6.54 Å². The van der Waals surface area contributed by atoms with Gasteiger partial charge in [-0.1, -0.05) is 0 Å². The van der Waals surface area contributed by atoms with E-state index in [-0.39, 0.29) is 24.1 Å². The molecule has 0 saturated heterocycles. The average molecular weight is 222 g/mol. The molecule has 1 rings (SSSR count). The smallest absolute Gasteiger partial charge is 0.246 e. The van der Waals surface area contributed by atoms with Gasteiger partial charge >= 0.3 is 0 Å². The van der Waals surface area contributed by atoms with E-state index in [0.29, 0.717) is 5.69 Å². The lowest BCUT2D eigenvalue weighted by atomic mass is 10.3. The van der Waals surface area contributed by atoms with Crippen molar-refractivity contribution in [3.05, 3.63) is 24.3 Å². The summed E-state index contributed by atoms with van der Waals surface area (Å²) in [5, 5.41) is 11.5. The molecule has 0 aliphatic carbocycles. The van der Waals surface area contributed by atoms with Crippen LogP contribution in [-0.4, -0.2) is 30.5 Å². The first kappa shape index (κ1) is 12.0. The second kappa shape index (κ2) is 5.16. The number of aromatic hydroxyl groups is 1. The standard InChI is InChI=1S/C11H14N2O3/c1-8(14)12-7-11(16)13(2)9-3-5-10(15)6-4-9/h3-6,15H,7H2,1-2H3,(H,12,14). The first-order chi connectivity index (χ1) is 7.50. The zero-order valence-corrected chi connectivity index (χ0v) is 9.23. The Hall–Kier alpha value is -2.04. The fraction of sp³-hybridized carbons (Fsp3) is 0.273. The maximum Gasteiger partial charge on any atom is 0.246 e. The number of phenols is 1. The van der Waals surface area contributed by atoms with E-state index < -0.39 is 0 Å². The topological polar surface area (TPSA) is 69.6 Å². The molecule has 2 amide bonds. The fourth-order valence-corrected chi connectivity index (χ4v) is 1.14. The third-order valence-corrected chi connectivity index (χ3v) is 2.10. The van der Waals surface area contributed by atoms with Crippen LogP contribution in [0.2, 0.25) is 0 Å². The molecule has 0 aliphatic heterocycles. The molecular weight excluding hydrogens is 208 g/mol. The highest BCUT2D eigenvalue weighted by Gasteiger charge is 2.10. The fourth-order valence-electron chi connectivity index (χ4n) is 1.14. The highest BCUT2D eigenvalue weighted by atomic mass is 16.3. The summed E-state index contributed by atoms with van der Waals surface area (Å²) in [5.74, 6) is -0.320. The second-order valence-electron chi connectivity index (χ2n) is 3.38. The Kier molecular flexibility index (Phi) is 3.88. The lowest BCUT2D eigenvalue weighted by molar-refractivity contribution is -0.123. The number of benzene rings is 1. The minimum atomic E-state index is -0.243. The predicted molar refractivity (Wildman–Crippen MR) is 60.2 cm³/mol. The van der Waals surface area contributed by atoms with Gasteiger partial charge in [-0.2, -0.15) is 0 Å². The Bertz CT molecular complexity index is 387. The summed E-state index contributed by atoms with van der Waals surface area (Å²) in [7, 11) is 1.61. The van der Waals surface area contributed by atoms with Crippen molar-refractivity contribution in [2.24, 2.45) is 0 Å². The molecule has 0 fully saturated rings. The van der Waals surface area contributed by atoms with Gasteiger partial charge in [-0.15, -0.1) is 0 Å². The number of carbonyl (C=O) groups excluding carboxylic acids is 2. The van der Waals surface area contributed by atoms with E-state index in [2.05, 4.69) is 5.32 Å². The first-order valence-electron chi connectivity index (χ1n) is 4.80. The summed E-state index contributed by atoms with van der Waals surface area (Å²) in [6.07, 6.45) is 0. The van der Waals surface area contributed by atoms with Crippen LogP contribution in [0.1, 0.15) is 6.92 Å². The molecule has 5 nitrogen and oxygen atoms in total. The number of nitrogens with one attached hydrogen (secondary N) is 1. The molecule has 2 N–H and O–H groups in total. The monoisotopic (exact) mass is 222 g/mol. The van der Waals surface area contributed by atoms with E-state index in [0.717, 1.165) is 0 Å². The Labute approximate surface area is 93.7 Å². The van der Waals surface area contributed by atoms with Crippen LogP contribution in [0.25, 0.3) is 0 Å². The molecule has 1 aromatic carbocycles. The Morgan fingerprint density at radius 3 is 2.38 bits per heavy atom. The molecule has 86 valence electrons. The molecule has 0 atom stereocenters. The van der Waals surface area contributed by atoms with Crippen LogP contribution < -0.4 is 10.2 Å². The molecule has 0 heterocycles. The van der Waals surface area contributed by atoms with E-state index in [4.69, 9.17) is 5.11 Å². The van der Waals surface area contributed by atoms with Gasteiger partial charge in [-0.05, 0) is 24.3 Å². The lowest BCUT2D eigenvalue weighted by Crippen LogP contribution is -2.37. The maximum atomic E-state index is 11.6. The second-order valence-corrected chi connectivity index (χ2v) is 3.38. The van der Waals surface area contributed by atoms with Crippen molar-refractivity contribution >= 4 is 17.5 Å². The largest absolute Gasteiger partial charge is 0.508 e. The van der Waals surface area contributed by atoms with Gasteiger partial charge in [0, 0.05) is 19.7 Å². The van der Waals surface area contributed by atoms with Crippen molar-refractivity contribution in [1.29, 1.82) is 0 Å². The van der Waals surface area contributed by atoms with Crippen molar-refractivity contribution in [2.75, 3.05) is 18.5 Å². The minimum absolute atomic E-state index is 0.0350. The zero-order valence-electron chi connectivity index (χ0n) is 9.23. The van der Waals surface area contributed by atoms with E-state index in [1.54, 1.807) is 19.2 Å². The predicted octanol–water partition coefficient (Wildman–Crippen LogP) is 0.491. The number of anilines is 1. The summed E-state index contributed by atoms with van der Waals surface area (Å²) >= 11 is 0. The van der Waals surface area contributed by atoms with Gasteiger partial charge in [-0.25, -0.2) is 0 Å². The molecule has 16 heavy (non-hydrogen) atoms. The van der Waals surface area contributed by atoms with Crippen LogP contribution in [0, 0.1) is 0 Å². The van der Waals surface area contributed by atoms with Gasteiger partial charge in [0.2, 0.25) is 11.8 Å². The van der Waals surface area contributed by atoms with Gasteiger partial charge in [0.15, 0.2) is 0 Å². The number of nitrogens with zero attached hydrogens (tertiary/aromatic N) is 1. The SMILES string of the molecule is CC(=O)NCC(=O)N(C)c1ccc(O)cc1. The van der Waals surface area contributed by atoms with Crippen LogP contribution in [0.15, 0.2) is 24.3 Å². The number of carbonyl (C=O) groups is 2. The number of phenolic OH excluding ortho intramolecular Hbond substituents is 1. The van der Waals surface area contributed by atoms with Gasteiger partial charge in [0.25, 0.3) is 0 Å². The van der Waals surface area contributed by atoms with Gasteiger partial charge < -0.3 is 15.3 Å². The van der Waals surface area contributed by atoms with Crippen LogP contribution in [-0.2, 0) is 9.59 Å². The molecule has 0 aliphatic rings. The molecule has 0 aromatic heterocycles. The molecule has 0 unspecified atom stereocenters. The summed E-state index contributed by atoms with van der Waals surface area (Å²) in [4.78, 5) is 23.6. The highest BCUT2D eigenvalue weighted by Crippen LogP contribution is 2.16. The van der Waals surface area contributed by atoms with Crippen LogP contribution in [0.4, 0.5) is 5.69 Å². The molecule has 0 spiro atoms. The number of amides is 2. The van der Waals surface area contributed by atoms with E-state index in [1.165, 1.54) is 24.0 Å². The van der Waals surface area contributed by atoms with Crippen LogP contribution in [0.3, 0.4) is 0 Å². The Morgan fingerprint density at radius 1 is 1.31 bits per heavy atom. The molecule has 0 radical (unpaired) electrons. The van der Waals surface area contributed by atoms with Crippen molar-refractivity contribution in [2.45, 2.75) is 6.92 Å². The first-order valence-corrected chi connectivity index (χ1v) is 4.80. The Balaban J connectivity index is 2.63. The molecule has 0 bridgehead atoms. The number of hydrogen-bond donors (Lipinski definition) is 2. The Morgan fingerprint density at radius 2 is 1.88 bits per heavy atom. The number of rotatable bonds is 3. The minimum Gasteiger partial charge on any atom is -0.508 e. The summed E-state index contributed by atoms with van der Waals surface area (Å²) in [6.45, 7) is 1.32. The van der Waals surface area contributed by atoms with E-state index in [1.807, 2.05) is 0 Å². The third-order valence-electron chi connectivity index (χ3n) is 2.10. The van der Waals surface area contributed by atoms with Crippen molar-refractivity contribution in [1.82, 2.24) is 5.32 Å². The summed E-state index contributed by atoms with van der Waals surface area (Å²) in [6, 6.07) is 6.25. The molecular formula is C11H14N2O3. The van der Waals surface area contributed by atoms with Crippen molar-refractivity contribution in [3.8, 4) is 5.75 Å². The summed E-state index contributed by atoms with van der Waals surface area (Å²) in [5.41, 5.74) is 0.660. The molecule has 5 heteroatoms. The normalized spacial score (nSPS) is 9.62. The van der Waals surface area contributed by atoms with E-state index >= 15 is 0 Å². The number of likely N-dealkylation sites (N-methyl/N-ethyl adjacent to an activating group) is 1. The summed E-state index contributed by atoms with van der Waals surface area (Å²) < 4.78 is 0. The van der Waals surface area contributed by atoms with Crippen molar-refractivity contribution in [3.63, 3.8) is 0 Å². The molecule has 0 saturated carbocycles. The van der Waals surface area contributed by atoms with Gasteiger partial charge in [0.1, 0.15) is 5.75 Å². The van der Waals surface area contributed by atoms with Crippen LogP contribution >= 0.6 is 0 Å². The quantitative estimate of drug-likeness (QED) is 0.782. The van der Waals surface area contributed by atoms with Gasteiger partial charge in [-0.3, -0.25) is 9.59 Å². The van der Waals surface area contributed by atoms with Crippen LogP contribution in [0.5, 0.6) is 5.75 Å². The lowest BCUT2D eigenvalue weighted by Gasteiger charge is -2.17.